The van der Waals surface area contributed by atoms with Crippen molar-refractivity contribution in [1.29, 1.82) is 0 Å². The van der Waals surface area contributed by atoms with E-state index in [4.69, 9.17) is 14.6 Å². The molecule has 0 bridgehead atoms. The average molecular weight is 296 g/mol. The van der Waals surface area contributed by atoms with Gasteiger partial charge in [0.15, 0.2) is 0 Å². The summed E-state index contributed by atoms with van der Waals surface area (Å²) in [5.74, 6) is 0.396. The van der Waals surface area contributed by atoms with E-state index in [9.17, 15) is 4.79 Å². The van der Waals surface area contributed by atoms with Crippen molar-refractivity contribution >= 4 is 5.97 Å². The number of methoxy groups -OCH3 is 2. The number of hydrogen-bond acceptors (Lipinski definition) is 5. The van der Waals surface area contributed by atoms with Crippen LogP contribution >= 0.6 is 0 Å². The van der Waals surface area contributed by atoms with Crippen molar-refractivity contribution in [2.24, 2.45) is 0 Å². The van der Waals surface area contributed by atoms with Gasteiger partial charge >= 0.3 is 5.97 Å². The molecule has 1 aromatic rings. The van der Waals surface area contributed by atoms with Gasteiger partial charge in [-0.1, -0.05) is 18.7 Å². The van der Waals surface area contributed by atoms with Crippen molar-refractivity contribution in [3.63, 3.8) is 0 Å². The van der Waals surface area contributed by atoms with Crippen LogP contribution in [0.25, 0.3) is 0 Å². The number of aliphatic hydroxyl groups is 1. The third-order valence-corrected chi connectivity index (χ3v) is 2.50. The summed E-state index contributed by atoms with van der Waals surface area (Å²) in [5.41, 5.74) is 1.28. The Kier molecular flexibility index (Phi) is 10.9. The highest BCUT2D eigenvalue weighted by Crippen LogP contribution is 2.11. The molecule has 1 rings (SSSR count). The molecule has 0 saturated heterocycles. The lowest BCUT2D eigenvalue weighted by molar-refractivity contribution is -0.143. The van der Waals surface area contributed by atoms with Crippen molar-refractivity contribution in [3.8, 4) is 5.75 Å². The van der Waals surface area contributed by atoms with Crippen LogP contribution in [-0.2, 0) is 20.7 Å². The quantitative estimate of drug-likeness (QED) is 0.615. The standard InChI is InChI=1S/C10H14O2.C6H10O3/c1-11-8-7-9-3-5-10(12-2)6-4-9;1-3-6(8)9-5(2)4-7/h3-6H,7-8H2,1-2H3;3,5,7H,1,4H2,2H3. The maximum absolute atomic E-state index is 10.3. The molecule has 0 spiro atoms. The molecule has 0 aliphatic carbocycles. The van der Waals surface area contributed by atoms with E-state index in [1.54, 1.807) is 21.1 Å². The SMILES string of the molecule is C=CC(=O)OC(C)CO.COCCc1ccc(OC)cc1. The zero-order chi connectivity index (χ0) is 16.1. The molecule has 0 radical (unpaired) electrons. The Labute approximate surface area is 126 Å². The molecule has 0 saturated carbocycles. The van der Waals surface area contributed by atoms with Gasteiger partial charge in [-0.05, 0) is 31.0 Å². The lowest BCUT2D eigenvalue weighted by atomic mass is 10.1. The molecule has 5 nitrogen and oxygen atoms in total. The van der Waals surface area contributed by atoms with E-state index in [-0.39, 0.29) is 6.61 Å². The van der Waals surface area contributed by atoms with Crippen molar-refractivity contribution < 1.29 is 24.1 Å². The molecule has 1 unspecified atom stereocenters. The Balaban J connectivity index is 0.000000400. The van der Waals surface area contributed by atoms with Crippen LogP contribution in [-0.4, -0.2) is 44.6 Å². The van der Waals surface area contributed by atoms with Crippen LogP contribution in [0.15, 0.2) is 36.9 Å². The van der Waals surface area contributed by atoms with E-state index >= 15 is 0 Å². The van der Waals surface area contributed by atoms with Gasteiger partial charge in [-0.15, -0.1) is 0 Å². The summed E-state index contributed by atoms with van der Waals surface area (Å²) >= 11 is 0. The minimum atomic E-state index is -0.503. The summed E-state index contributed by atoms with van der Waals surface area (Å²) in [4.78, 5) is 10.3. The molecule has 5 heteroatoms. The fourth-order valence-electron chi connectivity index (χ4n) is 1.30. The molecule has 0 heterocycles. The Morgan fingerprint density at radius 1 is 1.33 bits per heavy atom. The third kappa shape index (κ3) is 9.65. The third-order valence-electron chi connectivity index (χ3n) is 2.50. The van der Waals surface area contributed by atoms with Crippen LogP contribution in [0.5, 0.6) is 5.75 Å². The first-order valence-electron chi connectivity index (χ1n) is 6.63. The van der Waals surface area contributed by atoms with Crippen molar-refractivity contribution in [2.45, 2.75) is 19.4 Å². The molecule has 118 valence electrons. The van der Waals surface area contributed by atoms with Crippen molar-refractivity contribution in [1.82, 2.24) is 0 Å². The maximum Gasteiger partial charge on any atom is 0.330 e. The van der Waals surface area contributed by atoms with Crippen LogP contribution in [0.3, 0.4) is 0 Å². The maximum atomic E-state index is 10.3. The fraction of sp³-hybridized carbons (Fsp3) is 0.438. The van der Waals surface area contributed by atoms with Crippen molar-refractivity contribution in [3.05, 3.63) is 42.5 Å². The molecular formula is C16H24O5. The van der Waals surface area contributed by atoms with E-state index < -0.39 is 12.1 Å². The summed E-state index contributed by atoms with van der Waals surface area (Å²) in [5, 5.41) is 8.37. The Hall–Kier alpha value is -1.85. The van der Waals surface area contributed by atoms with Gasteiger partial charge in [0, 0.05) is 13.2 Å². The molecule has 1 N–H and O–H groups in total. The zero-order valence-electron chi connectivity index (χ0n) is 12.9. The number of benzene rings is 1. The van der Waals surface area contributed by atoms with Crippen LogP contribution in [0, 0.1) is 0 Å². The van der Waals surface area contributed by atoms with Crippen LogP contribution in [0.2, 0.25) is 0 Å². The van der Waals surface area contributed by atoms with E-state index in [0.717, 1.165) is 24.9 Å². The molecule has 1 atom stereocenters. The van der Waals surface area contributed by atoms with Gasteiger partial charge in [-0.25, -0.2) is 4.79 Å². The first-order chi connectivity index (χ1) is 10.1. The molecule has 0 fully saturated rings. The molecule has 21 heavy (non-hydrogen) atoms. The van der Waals surface area contributed by atoms with Gasteiger partial charge in [0.1, 0.15) is 11.9 Å². The number of carbonyl (C=O) groups excluding carboxylic acids is 1. The average Bonchev–Trinajstić information content (AvgIpc) is 2.53. The highest BCUT2D eigenvalue weighted by Gasteiger charge is 2.02. The molecule has 0 amide bonds. The largest absolute Gasteiger partial charge is 0.497 e. The topological polar surface area (TPSA) is 65.0 Å². The van der Waals surface area contributed by atoms with Gasteiger partial charge in [0.05, 0.1) is 20.3 Å². The van der Waals surface area contributed by atoms with Gasteiger partial charge in [0.2, 0.25) is 0 Å². The predicted molar refractivity (Wildman–Crippen MR) is 81.4 cm³/mol. The summed E-state index contributed by atoms with van der Waals surface area (Å²) in [6.07, 6.45) is 1.59. The summed E-state index contributed by atoms with van der Waals surface area (Å²) in [7, 11) is 3.38. The van der Waals surface area contributed by atoms with Gasteiger partial charge < -0.3 is 19.3 Å². The number of ether oxygens (including phenoxy) is 3. The molecule has 1 aromatic carbocycles. The molecular weight excluding hydrogens is 272 g/mol. The lowest BCUT2D eigenvalue weighted by Gasteiger charge is -2.06. The summed E-state index contributed by atoms with van der Waals surface area (Å²) in [6.45, 7) is 5.41. The smallest absolute Gasteiger partial charge is 0.330 e. The highest BCUT2D eigenvalue weighted by atomic mass is 16.5. The monoisotopic (exact) mass is 296 g/mol. The normalized spacial score (nSPS) is 10.9. The predicted octanol–water partition coefficient (Wildman–Crippen LogP) is 1.98. The molecule has 0 aliphatic rings. The second-order valence-electron chi connectivity index (χ2n) is 4.23. The second kappa shape index (κ2) is 11.9. The number of aliphatic hydroxyl groups excluding tert-OH is 1. The molecule has 0 aliphatic heterocycles. The lowest BCUT2D eigenvalue weighted by Crippen LogP contribution is -2.16. The fourth-order valence-corrected chi connectivity index (χ4v) is 1.30. The number of rotatable bonds is 7. The van der Waals surface area contributed by atoms with Crippen LogP contribution in [0.1, 0.15) is 12.5 Å². The van der Waals surface area contributed by atoms with Crippen LogP contribution in [0.4, 0.5) is 0 Å². The van der Waals surface area contributed by atoms with E-state index in [1.165, 1.54) is 5.56 Å². The summed E-state index contributed by atoms with van der Waals surface area (Å²) < 4.78 is 14.6. The molecule has 0 aromatic heterocycles. The van der Waals surface area contributed by atoms with Crippen molar-refractivity contribution in [2.75, 3.05) is 27.4 Å². The Morgan fingerprint density at radius 2 is 1.95 bits per heavy atom. The van der Waals surface area contributed by atoms with E-state index in [2.05, 4.69) is 23.4 Å². The van der Waals surface area contributed by atoms with Crippen LogP contribution < -0.4 is 4.74 Å². The van der Waals surface area contributed by atoms with Gasteiger partial charge in [-0.3, -0.25) is 0 Å². The Morgan fingerprint density at radius 3 is 2.38 bits per heavy atom. The van der Waals surface area contributed by atoms with E-state index in [1.807, 2.05) is 12.1 Å². The first-order valence-corrected chi connectivity index (χ1v) is 6.63. The Bertz CT molecular complexity index is 400. The van der Waals surface area contributed by atoms with Gasteiger partial charge in [-0.2, -0.15) is 0 Å². The minimum Gasteiger partial charge on any atom is -0.497 e. The summed E-state index contributed by atoms with van der Waals surface area (Å²) in [6, 6.07) is 8.03. The minimum absolute atomic E-state index is 0.153. The zero-order valence-corrected chi connectivity index (χ0v) is 12.9. The number of esters is 1. The first kappa shape index (κ1) is 19.1. The number of carbonyl (C=O) groups is 1. The second-order valence-corrected chi connectivity index (χ2v) is 4.23. The van der Waals surface area contributed by atoms with Gasteiger partial charge in [0.25, 0.3) is 0 Å². The highest BCUT2D eigenvalue weighted by molar-refractivity contribution is 5.81. The van der Waals surface area contributed by atoms with E-state index in [0.29, 0.717) is 0 Å². The number of hydrogen-bond donors (Lipinski definition) is 1.